The number of hydrogen-bond acceptors (Lipinski definition) is 5. The zero-order valence-electron chi connectivity index (χ0n) is 13.5. The van der Waals surface area contributed by atoms with Gasteiger partial charge in [-0.05, 0) is 29.9 Å². The van der Waals surface area contributed by atoms with Crippen LogP contribution in [-0.2, 0) is 11.2 Å². The molecular formula is C16H27NO4. The molecule has 0 aliphatic carbocycles. The molecule has 0 saturated carbocycles. The Labute approximate surface area is 127 Å². The van der Waals surface area contributed by atoms with Crippen LogP contribution in [0.15, 0.2) is 12.3 Å². The maximum atomic E-state index is 9.44. The quantitative estimate of drug-likeness (QED) is 0.672. The summed E-state index contributed by atoms with van der Waals surface area (Å²) in [6, 6.07) is 1.95. The van der Waals surface area contributed by atoms with Gasteiger partial charge in [-0.15, -0.1) is 0 Å². The summed E-state index contributed by atoms with van der Waals surface area (Å²) in [5.41, 5.74) is 1.05. The second-order valence-corrected chi connectivity index (χ2v) is 5.44. The summed E-state index contributed by atoms with van der Waals surface area (Å²) in [5, 5.41) is 9.44. The van der Waals surface area contributed by atoms with E-state index in [4.69, 9.17) is 14.2 Å². The first-order chi connectivity index (χ1) is 10.1. The molecule has 21 heavy (non-hydrogen) atoms. The predicted molar refractivity (Wildman–Crippen MR) is 81.9 cm³/mol. The first-order valence-corrected chi connectivity index (χ1v) is 7.37. The van der Waals surface area contributed by atoms with Crippen LogP contribution < -0.4 is 9.47 Å². The molecule has 0 bridgehead atoms. The molecule has 5 nitrogen and oxygen atoms in total. The average Bonchev–Trinajstić information content (AvgIpc) is 2.49. The van der Waals surface area contributed by atoms with Crippen LogP contribution in [0.1, 0.15) is 25.8 Å². The smallest absolute Gasteiger partial charge is 0.256 e. The van der Waals surface area contributed by atoms with Crippen molar-refractivity contribution >= 4 is 0 Å². The van der Waals surface area contributed by atoms with Crippen LogP contribution in [0.5, 0.6) is 11.6 Å². The van der Waals surface area contributed by atoms with Crippen LogP contribution in [0.4, 0.5) is 0 Å². The van der Waals surface area contributed by atoms with Gasteiger partial charge in [0.2, 0.25) is 0 Å². The molecule has 0 saturated heterocycles. The highest BCUT2D eigenvalue weighted by Gasteiger charge is 2.15. The Hall–Kier alpha value is -1.33. The normalized spacial score (nSPS) is 12.5. The minimum absolute atomic E-state index is 0.174. The number of nitrogens with zero attached hydrogens (tertiary/aromatic N) is 1. The standard InChI is InChI=1S/C16H27NO4/c1-12(2)14(11-18)8-13-9-15(16(20-4)17-10-13)21-7-5-6-19-3/h9-10,12,14,18H,5-8,11H2,1-4H3/t14-/m0/s1. The monoisotopic (exact) mass is 297 g/mol. The van der Waals surface area contributed by atoms with Crippen LogP contribution in [0.2, 0.25) is 0 Å². The van der Waals surface area contributed by atoms with Gasteiger partial charge in [-0.25, -0.2) is 4.98 Å². The molecule has 0 unspecified atom stereocenters. The summed E-state index contributed by atoms with van der Waals surface area (Å²) in [6.45, 7) is 5.62. The zero-order chi connectivity index (χ0) is 15.7. The fourth-order valence-corrected chi connectivity index (χ4v) is 2.04. The molecule has 120 valence electrons. The maximum Gasteiger partial charge on any atom is 0.256 e. The largest absolute Gasteiger partial charge is 0.488 e. The van der Waals surface area contributed by atoms with E-state index < -0.39 is 0 Å². The van der Waals surface area contributed by atoms with E-state index in [1.165, 1.54) is 0 Å². The summed E-state index contributed by atoms with van der Waals surface area (Å²) in [5.74, 6) is 1.78. The van der Waals surface area contributed by atoms with Crippen molar-refractivity contribution in [2.75, 3.05) is 34.0 Å². The van der Waals surface area contributed by atoms with Crippen molar-refractivity contribution in [3.05, 3.63) is 17.8 Å². The molecule has 0 radical (unpaired) electrons. The van der Waals surface area contributed by atoms with Crippen molar-refractivity contribution in [3.8, 4) is 11.6 Å². The first kappa shape index (κ1) is 17.7. The van der Waals surface area contributed by atoms with Crippen molar-refractivity contribution in [3.63, 3.8) is 0 Å². The second-order valence-electron chi connectivity index (χ2n) is 5.44. The van der Waals surface area contributed by atoms with E-state index in [9.17, 15) is 5.11 Å². The number of methoxy groups -OCH3 is 2. The summed E-state index contributed by atoms with van der Waals surface area (Å²) >= 11 is 0. The summed E-state index contributed by atoms with van der Waals surface area (Å²) < 4.78 is 15.9. The first-order valence-electron chi connectivity index (χ1n) is 7.37. The van der Waals surface area contributed by atoms with Crippen LogP contribution in [-0.4, -0.2) is 44.1 Å². The molecule has 1 atom stereocenters. The van der Waals surface area contributed by atoms with Gasteiger partial charge in [0.25, 0.3) is 5.88 Å². The van der Waals surface area contributed by atoms with E-state index in [1.54, 1.807) is 20.4 Å². The molecule has 0 aliphatic rings. The Bertz CT molecular complexity index is 409. The molecule has 1 aromatic rings. The van der Waals surface area contributed by atoms with Gasteiger partial charge >= 0.3 is 0 Å². The summed E-state index contributed by atoms with van der Waals surface area (Å²) in [4.78, 5) is 4.28. The van der Waals surface area contributed by atoms with E-state index in [0.717, 1.165) is 18.4 Å². The van der Waals surface area contributed by atoms with Crippen molar-refractivity contribution in [2.24, 2.45) is 11.8 Å². The van der Waals surface area contributed by atoms with Gasteiger partial charge in [-0.2, -0.15) is 0 Å². The molecule has 1 aromatic heterocycles. The molecule has 1 heterocycles. The number of aromatic nitrogens is 1. The topological polar surface area (TPSA) is 60.8 Å². The Balaban J connectivity index is 2.74. The average molecular weight is 297 g/mol. The molecule has 5 heteroatoms. The lowest BCUT2D eigenvalue weighted by molar-refractivity contribution is 0.170. The highest BCUT2D eigenvalue weighted by molar-refractivity contribution is 5.36. The number of aliphatic hydroxyl groups is 1. The molecule has 0 aliphatic heterocycles. The van der Waals surface area contributed by atoms with Gasteiger partial charge in [0.1, 0.15) is 0 Å². The third-order valence-electron chi connectivity index (χ3n) is 3.49. The van der Waals surface area contributed by atoms with Crippen LogP contribution in [0.3, 0.4) is 0 Å². The summed E-state index contributed by atoms with van der Waals surface area (Å²) in [6.07, 6.45) is 3.38. The minimum Gasteiger partial charge on any atom is -0.488 e. The van der Waals surface area contributed by atoms with Crippen molar-refractivity contribution in [1.29, 1.82) is 0 Å². The minimum atomic E-state index is 0.174. The van der Waals surface area contributed by atoms with Gasteiger partial charge < -0.3 is 19.3 Å². The molecule has 0 spiro atoms. The van der Waals surface area contributed by atoms with E-state index in [1.807, 2.05) is 6.07 Å². The lowest BCUT2D eigenvalue weighted by Gasteiger charge is -2.18. The Morgan fingerprint density at radius 2 is 2.00 bits per heavy atom. The van der Waals surface area contributed by atoms with Gasteiger partial charge in [-0.3, -0.25) is 0 Å². The number of hydrogen-bond donors (Lipinski definition) is 1. The highest BCUT2D eigenvalue weighted by atomic mass is 16.5. The second kappa shape index (κ2) is 9.58. The van der Waals surface area contributed by atoms with Crippen molar-refractivity contribution in [1.82, 2.24) is 4.98 Å². The van der Waals surface area contributed by atoms with Crippen molar-refractivity contribution < 1.29 is 19.3 Å². The fourth-order valence-electron chi connectivity index (χ4n) is 2.04. The summed E-state index contributed by atoms with van der Waals surface area (Å²) in [7, 11) is 3.25. The van der Waals surface area contributed by atoms with E-state index >= 15 is 0 Å². The SMILES string of the molecule is COCCCOc1cc(C[C@@H](CO)C(C)C)cnc1OC. The lowest BCUT2D eigenvalue weighted by atomic mass is 9.90. The van der Waals surface area contributed by atoms with Crippen LogP contribution in [0, 0.1) is 11.8 Å². The fraction of sp³-hybridized carbons (Fsp3) is 0.688. The molecule has 1 rings (SSSR count). The molecule has 0 aromatic carbocycles. The third-order valence-corrected chi connectivity index (χ3v) is 3.49. The third kappa shape index (κ3) is 5.89. The van der Waals surface area contributed by atoms with E-state index in [0.29, 0.717) is 30.8 Å². The Morgan fingerprint density at radius 1 is 1.24 bits per heavy atom. The van der Waals surface area contributed by atoms with Crippen LogP contribution >= 0.6 is 0 Å². The highest BCUT2D eigenvalue weighted by Crippen LogP contribution is 2.27. The van der Waals surface area contributed by atoms with Crippen LogP contribution in [0.25, 0.3) is 0 Å². The number of pyridine rings is 1. The Kier molecular flexibility index (Phi) is 8.08. The Morgan fingerprint density at radius 3 is 2.57 bits per heavy atom. The van der Waals surface area contributed by atoms with E-state index in [-0.39, 0.29) is 12.5 Å². The number of rotatable bonds is 10. The predicted octanol–water partition coefficient (Wildman–Crippen LogP) is 2.31. The lowest BCUT2D eigenvalue weighted by Crippen LogP contribution is -2.16. The molecule has 0 amide bonds. The molecule has 0 fully saturated rings. The van der Waals surface area contributed by atoms with Crippen molar-refractivity contribution in [2.45, 2.75) is 26.7 Å². The number of aliphatic hydroxyl groups excluding tert-OH is 1. The molecular weight excluding hydrogens is 270 g/mol. The number of ether oxygens (including phenoxy) is 3. The zero-order valence-corrected chi connectivity index (χ0v) is 13.5. The maximum absolute atomic E-state index is 9.44. The van der Waals surface area contributed by atoms with E-state index in [2.05, 4.69) is 18.8 Å². The van der Waals surface area contributed by atoms with Gasteiger partial charge in [0.15, 0.2) is 5.75 Å². The van der Waals surface area contributed by atoms with Gasteiger partial charge in [0.05, 0.1) is 13.7 Å². The van der Waals surface area contributed by atoms with Gasteiger partial charge in [-0.1, -0.05) is 13.8 Å². The van der Waals surface area contributed by atoms with Gasteiger partial charge in [0, 0.05) is 32.9 Å². The molecule has 1 N–H and O–H groups in total.